The number of carbonyl (C=O) groups is 1. The molecule has 4 nitrogen and oxygen atoms in total. The van der Waals surface area contributed by atoms with Gasteiger partial charge in [-0.3, -0.25) is 0 Å². The molecule has 0 aliphatic rings. The van der Waals surface area contributed by atoms with Crippen LogP contribution < -0.4 is 5.11 Å². The SMILES string of the molecule is CCCCCCCCCCCCC(O)C[N+](C)(C)CCC(=O)[O-]. The van der Waals surface area contributed by atoms with E-state index in [1.165, 1.54) is 57.8 Å². The van der Waals surface area contributed by atoms with E-state index in [0.29, 0.717) is 17.6 Å². The summed E-state index contributed by atoms with van der Waals surface area (Å²) in [6, 6.07) is 0. The van der Waals surface area contributed by atoms with Gasteiger partial charge in [0.2, 0.25) is 0 Å². The third-order valence-corrected chi connectivity index (χ3v) is 4.52. The number of carboxylic acids is 1. The normalized spacial score (nSPS) is 13.2. The average molecular weight is 330 g/mol. The standard InChI is InChI=1S/C19H39NO3/c1-4-5-6-7-8-9-10-11-12-13-14-18(21)17-20(2,3)16-15-19(22)23/h18,21H,4-17H2,1-3H3. The Kier molecular flexibility index (Phi) is 13.4. The minimum Gasteiger partial charge on any atom is -0.550 e. The Bertz CT molecular complexity index is 292. The van der Waals surface area contributed by atoms with E-state index in [1.807, 2.05) is 14.1 Å². The first kappa shape index (κ1) is 22.4. The van der Waals surface area contributed by atoms with Crippen LogP contribution in [0.15, 0.2) is 0 Å². The molecule has 138 valence electrons. The summed E-state index contributed by atoms with van der Waals surface area (Å²) in [6.07, 6.45) is 13.5. The van der Waals surface area contributed by atoms with Gasteiger partial charge in [-0.05, 0) is 6.42 Å². The summed E-state index contributed by atoms with van der Waals surface area (Å²) in [7, 11) is 3.93. The predicted molar refractivity (Wildman–Crippen MR) is 93.9 cm³/mol. The van der Waals surface area contributed by atoms with Gasteiger partial charge >= 0.3 is 0 Å². The van der Waals surface area contributed by atoms with Gasteiger partial charge in [-0.1, -0.05) is 71.1 Å². The van der Waals surface area contributed by atoms with Crippen molar-refractivity contribution in [3.05, 3.63) is 0 Å². The molecule has 0 saturated heterocycles. The monoisotopic (exact) mass is 329 g/mol. The first-order valence-corrected chi connectivity index (χ1v) is 9.57. The Morgan fingerprint density at radius 2 is 1.43 bits per heavy atom. The second-order valence-electron chi connectivity index (χ2n) is 7.59. The lowest BCUT2D eigenvalue weighted by atomic mass is 10.0. The van der Waals surface area contributed by atoms with Crippen LogP contribution in [-0.4, -0.2) is 48.8 Å². The molecule has 0 rings (SSSR count). The number of quaternary nitrogens is 1. The number of aliphatic carboxylic acids is 1. The summed E-state index contributed by atoms with van der Waals surface area (Å²) in [5, 5.41) is 20.6. The van der Waals surface area contributed by atoms with Crippen molar-refractivity contribution < 1.29 is 19.5 Å². The number of unbranched alkanes of at least 4 members (excludes halogenated alkanes) is 9. The van der Waals surface area contributed by atoms with Gasteiger partial charge in [-0.2, -0.15) is 0 Å². The van der Waals surface area contributed by atoms with Crippen molar-refractivity contribution in [3.8, 4) is 0 Å². The van der Waals surface area contributed by atoms with E-state index < -0.39 is 5.97 Å². The fourth-order valence-electron chi connectivity index (χ4n) is 3.01. The molecular weight excluding hydrogens is 290 g/mol. The Labute approximate surface area is 143 Å². The quantitative estimate of drug-likeness (QED) is 0.350. The van der Waals surface area contributed by atoms with Crippen LogP contribution in [0.25, 0.3) is 0 Å². The summed E-state index contributed by atoms with van der Waals surface area (Å²) < 4.78 is 0.535. The second kappa shape index (κ2) is 13.8. The fraction of sp³-hybridized carbons (Fsp3) is 0.947. The average Bonchev–Trinajstić information content (AvgIpc) is 2.47. The van der Waals surface area contributed by atoms with Crippen LogP contribution in [0.5, 0.6) is 0 Å². The van der Waals surface area contributed by atoms with Crippen molar-refractivity contribution in [1.29, 1.82) is 0 Å². The Morgan fingerprint density at radius 3 is 1.91 bits per heavy atom. The molecule has 0 aliphatic carbocycles. The number of aliphatic hydroxyl groups excluding tert-OH is 1. The molecule has 0 aromatic heterocycles. The van der Waals surface area contributed by atoms with E-state index in [2.05, 4.69) is 6.92 Å². The van der Waals surface area contributed by atoms with Crippen molar-refractivity contribution in [2.24, 2.45) is 0 Å². The molecule has 0 spiro atoms. The summed E-state index contributed by atoms with van der Waals surface area (Å²) in [5.74, 6) is -1.01. The highest BCUT2D eigenvalue weighted by molar-refractivity contribution is 5.64. The summed E-state index contributed by atoms with van der Waals surface area (Å²) in [4.78, 5) is 10.5. The largest absolute Gasteiger partial charge is 0.550 e. The molecule has 0 aromatic rings. The van der Waals surface area contributed by atoms with Crippen LogP contribution >= 0.6 is 0 Å². The molecule has 0 aliphatic heterocycles. The van der Waals surface area contributed by atoms with E-state index >= 15 is 0 Å². The first-order valence-electron chi connectivity index (χ1n) is 9.57. The number of hydrogen-bond donors (Lipinski definition) is 1. The van der Waals surface area contributed by atoms with Crippen molar-refractivity contribution in [2.45, 2.75) is 90.1 Å². The van der Waals surface area contributed by atoms with Gasteiger partial charge in [0.15, 0.2) is 0 Å². The zero-order chi connectivity index (χ0) is 17.6. The molecular formula is C19H39NO3. The third-order valence-electron chi connectivity index (χ3n) is 4.52. The lowest BCUT2D eigenvalue weighted by Crippen LogP contribution is -2.47. The zero-order valence-electron chi connectivity index (χ0n) is 15.7. The molecule has 1 unspecified atom stereocenters. The van der Waals surface area contributed by atoms with Gasteiger partial charge in [-0.15, -0.1) is 0 Å². The number of hydrogen-bond acceptors (Lipinski definition) is 3. The van der Waals surface area contributed by atoms with Crippen LogP contribution in [0, 0.1) is 0 Å². The summed E-state index contributed by atoms with van der Waals surface area (Å²) in [6.45, 7) is 3.37. The molecule has 4 heteroatoms. The van der Waals surface area contributed by atoms with Crippen molar-refractivity contribution in [2.75, 3.05) is 27.2 Å². The Morgan fingerprint density at radius 1 is 0.957 bits per heavy atom. The van der Waals surface area contributed by atoms with E-state index in [1.54, 1.807) is 0 Å². The molecule has 0 radical (unpaired) electrons. The first-order chi connectivity index (χ1) is 10.9. The fourth-order valence-corrected chi connectivity index (χ4v) is 3.01. The van der Waals surface area contributed by atoms with Gasteiger partial charge in [0.05, 0.1) is 20.6 Å². The number of nitrogens with zero attached hydrogens (tertiary/aromatic N) is 1. The van der Waals surface area contributed by atoms with Gasteiger partial charge in [0.1, 0.15) is 12.6 Å². The molecule has 0 fully saturated rings. The number of carbonyl (C=O) groups excluding carboxylic acids is 1. The van der Waals surface area contributed by atoms with E-state index in [0.717, 1.165) is 12.8 Å². The summed E-state index contributed by atoms with van der Waals surface area (Å²) >= 11 is 0. The lowest BCUT2D eigenvalue weighted by molar-refractivity contribution is -0.893. The van der Waals surface area contributed by atoms with Gasteiger partial charge in [0.25, 0.3) is 0 Å². The van der Waals surface area contributed by atoms with Crippen molar-refractivity contribution in [3.63, 3.8) is 0 Å². The molecule has 1 N–H and O–H groups in total. The van der Waals surface area contributed by atoms with Crippen LogP contribution in [-0.2, 0) is 4.79 Å². The molecule has 0 saturated carbocycles. The van der Waals surface area contributed by atoms with Crippen LogP contribution in [0.2, 0.25) is 0 Å². The van der Waals surface area contributed by atoms with E-state index in [9.17, 15) is 15.0 Å². The van der Waals surface area contributed by atoms with Crippen molar-refractivity contribution >= 4 is 5.97 Å². The number of aliphatic hydroxyl groups is 1. The third kappa shape index (κ3) is 16.0. The number of rotatable bonds is 16. The highest BCUT2D eigenvalue weighted by Crippen LogP contribution is 2.13. The highest BCUT2D eigenvalue weighted by atomic mass is 16.4. The maximum absolute atomic E-state index is 10.5. The summed E-state index contributed by atoms with van der Waals surface area (Å²) in [5.41, 5.74) is 0. The van der Waals surface area contributed by atoms with E-state index in [-0.39, 0.29) is 12.5 Å². The van der Waals surface area contributed by atoms with Gasteiger partial charge in [-0.25, -0.2) is 0 Å². The Hall–Kier alpha value is -0.610. The van der Waals surface area contributed by atoms with Gasteiger partial charge in [0, 0.05) is 12.4 Å². The van der Waals surface area contributed by atoms with Crippen LogP contribution in [0.4, 0.5) is 0 Å². The minimum absolute atomic E-state index is 0.0535. The van der Waals surface area contributed by atoms with Crippen molar-refractivity contribution in [1.82, 2.24) is 0 Å². The number of carboxylic acid groups (broad SMARTS) is 1. The molecule has 1 atom stereocenters. The highest BCUT2D eigenvalue weighted by Gasteiger charge is 2.19. The molecule has 0 heterocycles. The molecule has 0 amide bonds. The predicted octanol–water partition coefficient (Wildman–Crippen LogP) is 2.87. The van der Waals surface area contributed by atoms with Crippen LogP contribution in [0.1, 0.15) is 84.0 Å². The molecule has 0 aromatic carbocycles. The lowest BCUT2D eigenvalue weighted by Gasteiger charge is -2.32. The maximum Gasteiger partial charge on any atom is 0.105 e. The smallest absolute Gasteiger partial charge is 0.105 e. The van der Waals surface area contributed by atoms with Crippen LogP contribution in [0.3, 0.4) is 0 Å². The van der Waals surface area contributed by atoms with E-state index in [4.69, 9.17) is 0 Å². The minimum atomic E-state index is -1.01. The zero-order valence-corrected chi connectivity index (χ0v) is 15.7. The second-order valence-corrected chi connectivity index (χ2v) is 7.59. The van der Waals surface area contributed by atoms with Gasteiger partial charge < -0.3 is 19.5 Å². The maximum atomic E-state index is 10.5. The topological polar surface area (TPSA) is 60.4 Å². The number of likely N-dealkylation sites (N-methyl/N-ethyl adjacent to an activating group) is 1. The molecule has 23 heavy (non-hydrogen) atoms. The molecule has 0 bridgehead atoms. The Balaban J connectivity index is 3.48.